The van der Waals surface area contributed by atoms with Gasteiger partial charge in [-0.1, -0.05) is 38.1 Å². The van der Waals surface area contributed by atoms with Crippen molar-refractivity contribution in [2.24, 2.45) is 0 Å². The third kappa shape index (κ3) is 5.63. The first-order valence-corrected chi connectivity index (χ1v) is 6.80. The number of benzene rings is 1. The van der Waals surface area contributed by atoms with Crippen molar-refractivity contribution in [2.45, 2.75) is 27.0 Å². The summed E-state index contributed by atoms with van der Waals surface area (Å²) in [5, 5.41) is 3.48. The smallest absolute Gasteiger partial charge is 0.0713 e. The highest BCUT2D eigenvalue weighted by Gasteiger charge is 1.98. The number of likely N-dealkylation sites (N-methyl/N-ethyl adjacent to an activating group) is 1. The summed E-state index contributed by atoms with van der Waals surface area (Å²) >= 11 is 0. The monoisotopic (exact) mass is 250 g/mol. The molecule has 0 radical (unpaired) electrons. The van der Waals surface area contributed by atoms with Crippen LogP contribution < -0.4 is 5.32 Å². The molecule has 1 aromatic rings. The summed E-state index contributed by atoms with van der Waals surface area (Å²) in [4.78, 5) is 2.43. The first-order chi connectivity index (χ1) is 8.80. The number of methoxy groups -OCH3 is 1. The van der Waals surface area contributed by atoms with Gasteiger partial charge in [-0.25, -0.2) is 0 Å². The minimum Gasteiger partial charge on any atom is -0.380 e. The molecule has 0 amide bonds. The Morgan fingerprint density at radius 2 is 1.67 bits per heavy atom. The van der Waals surface area contributed by atoms with Crippen molar-refractivity contribution >= 4 is 0 Å². The first kappa shape index (κ1) is 15.2. The molecule has 102 valence electrons. The van der Waals surface area contributed by atoms with Gasteiger partial charge in [0.1, 0.15) is 0 Å². The van der Waals surface area contributed by atoms with Gasteiger partial charge in [0.05, 0.1) is 6.61 Å². The van der Waals surface area contributed by atoms with Gasteiger partial charge in [-0.15, -0.1) is 0 Å². The van der Waals surface area contributed by atoms with Crippen LogP contribution in [0.1, 0.15) is 25.0 Å². The average Bonchev–Trinajstić information content (AvgIpc) is 2.41. The summed E-state index contributed by atoms with van der Waals surface area (Å²) in [6.45, 7) is 10.5. The summed E-state index contributed by atoms with van der Waals surface area (Å²) in [7, 11) is 1.72. The van der Waals surface area contributed by atoms with E-state index in [1.807, 2.05) is 0 Å². The molecule has 0 fully saturated rings. The Bertz CT molecular complexity index is 307. The maximum atomic E-state index is 5.10. The molecule has 0 unspecified atom stereocenters. The highest BCUT2D eigenvalue weighted by Crippen LogP contribution is 2.05. The van der Waals surface area contributed by atoms with Gasteiger partial charge >= 0.3 is 0 Å². The molecule has 0 aliphatic heterocycles. The standard InChI is InChI=1S/C15H26N2O/c1-4-17(5-2)11-10-16-12-14-6-8-15(9-7-14)13-18-3/h6-9,16H,4-5,10-13H2,1-3H3. The summed E-state index contributed by atoms with van der Waals surface area (Å²) in [5.41, 5.74) is 2.55. The zero-order chi connectivity index (χ0) is 13.2. The normalized spacial score (nSPS) is 11.1. The minimum atomic E-state index is 0.690. The van der Waals surface area contributed by atoms with Crippen LogP contribution in [-0.2, 0) is 17.9 Å². The molecule has 1 N–H and O–H groups in total. The predicted octanol–water partition coefficient (Wildman–Crippen LogP) is 2.26. The van der Waals surface area contributed by atoms with E-state index >= 15 is 0 Å². The van der Waals surface area contributed by atoms with Crippen molar-refractivity contribution in [3.63, 3.8) is 0 Å². The number of nitrogens with one attached hydrogen (secondary N) is 1. The van der Waals surface area contributed by atoms with Crippen molar-refractivity contribution in [1.82, 2.24) is 10.2 Å². The lowest BCUT2D eigenvalue weighted by molar-refractivity contribution is 0.185. The topological polar surface area (TPSA) is 24.5 Å². The molecule has 0 saturated heterocycles. The molecule has 1 rings (SSSR count). The van der Waals surface area contributed by atoms with Crippen molar-refractivity contribution in [3.8, 4) is 0 Å². The van der Waals surface area contributed by atoms with Crippen LogP contribution in [0, 0.1) is 0 Å². The van der Waals surface area contributed by atoms with Crippen LogP contribution in [0.4, 0.5) is 0 Å². The summed E-state index contributed by atoms with van der Waals surface area (Å²) < 4.78 is 5.10. The van der Waals surface area contributed by atoms with Gasteiger partial charge in [-0.2, -0.15) is 0 Å². The van der Waals surface area contributed by atoms with Crippen LogP contribution in [0.3, 0.4) is 0 Å². The first-order valence-electron chi connectivity index (χ1n) is 6.80. The van der Waals surface area contributed by atoms with Crippen molar-refractivity contribution in [1.29, 1.82) is 0 Å². The summed E-state index contributed by atoms with van der Waals surface area (Å²) in [5.74, 6) is 0. The fourth-order valence-electron chi connectivity index (χ4n) is 1.93. The van der Waals surface area contributed by atoms with E-state index in [-0.39, 0.29) is 0 Å². The molecule has 3 nitrogen and oxygen atoms in total. The lowest BCUT2D eigenvalue weighted by atomic mass is 10.1. The van der Waals surface area contributed by atoms with Crippen molar-refractivity contribution in [2.75, 3.05) is 33.3 Å². The minimum absolute atomic E-state index is 0.690. The fourth-order valence-corrected chi connectivity index (χ4v) is 1.93. The van der Waals surface area contributed by atoms with Crippen LogP contribution in [0.5, 0.6) is 0 Å². The van der Waals surface area contributed by atoms with Crippen LogP contribution in [0.25, 0.3) is 0 Å². The van der Waals surface area contributed by atoms with E-state index in [2.05, 4.69) is 48.3 Å². The van der Waals surface area contributed by atoms with Crippen molar-refractivity contribution < 1.29 is 4.74 Å². The second-order valence-electron chi connectivity index (χ2n) is 4.45. The van der Waals surface area contributed by atoms with Gasteiger partial charge in [0.25, 0.3) is 0 Å². The number of rotatable bonds is 9. The maximum absolute atomic E-state index is 5.10. The summed E-state index contributed by atoms with van der Waals surface area (Å²) in [6, 6.07) is 8.59. The molecule has 18 heavy (non-hydrogen) atoms. The SMILES string of the molecule is CCN(CC)CCNCc1ccc(COC)cc1. The highest BCUT2D eigenvalue weighted by atomic mass is 16.5. The lowest BCUT2D eigenvalue weighted by Crippen LogP contribution is -2.31. The highest BCUT2D eigenvalue weighted by molar-refractivity contribution is 5.21. The maximum Gasteiger partial charge on any atom is 0.0713 e. The van der Waals surface area contributed by atoms with E-state index in [4.69, 9.17) is 4.74 Å². The van der Waals surface area contributed by atoms with E-state index in [9.17, 15) is 0 Å². The number of hydrogen-bond donors (Lipinski definition) is 1. The Morgan fingerprint density at radius 3 is 2.22 bits per heavy atom. The average molecular weight is 250 g/mol. The Hall–Kier alpha value is -0.900. The van der Waals surface area contributed by atoms with E-state index in [1.54, 1.807) is 7.11 Å². The molecule has 0 aliphatic rings. The van der Waals surface area contributed by atoms with Crippen LogP contribution in [0.2, 0.25) is 0 Å². The van der Waals surface area contributed by atoms with Gasteiger partial charge in [-0.05, 0) is 24.2 Å². The molecule has 0 bridgehead atoms. The predicted molar refractivity (Wildman–Crippen MR) is 76.6 cm³/mol. The molecular weight excluding hydrogens is 224 g/mol. The Labute approximate surface area is 111 Å². The van der Waals surface area contributed by atoms with Crippen LogP contribution in [-0.4, -0.2) is 38.2 Å². The molecule has 0 heterocycles. The van der Waals surface area contributed by atoms with Gasteiger partial charge in [0.2, 0.25) is 0 Å². The van der Waals surface area contributed by atoms with Gasteiger partial charge in [0.15, 0.2) is 0 Å². The third-order valence-electron chi connectivity index (χ3n) is 3.16. The molecule has 1 aromatic carbocycles. The number of nitrogens with zero attached hydrogens (tertiary/aromatic N) is 1. The Kier molecular flexibility index (Phi) is 7.65. The quantitative estimate of drug-likeness (QED) is 0.680. The van der Waals surface area contributed by atoms with Gasteiger partial charge < -0.3 is 15.0 Å². The number of ether oxygens (including phenoxy) is 1. The largest absolute Gasteiger partial charge is 0.380 e. The van der Waals surface area contributed by atoms with Crippen molar-refractivity contribution in [3.05, 3.63) is 35.4 Å². The second-order valence-corrected chi connectivity index (χ2v) is 4.45. The Morgan fingerprint density at radius 1 is 1.06 bits per heavy atom. The zero-order valence-electron chi connectivity index (χ0n) is 11.9. The number of hydrogen-bond acceptors (Lipinski definition) is 3. The molecule has 3 heteroatoms. The molecule has 0 aliphatic carbocycles. The van der Waals surface area contributed by atoms with E-state index in [1.165, 1.54) is 11.1 Å². The van der Waals surface area contributed by atoms with E-state index < -0.39 is 0 Å². The van der Waals surface area contributed by atoms with Gasteiger partial charge in [-0.3, -0.25) is 0 Å². The van der Waals surface area contributed by atoms with Crippen LogP contribution in [0.15, 0.2) is 24.3 Å². The molecule has 0 saturated carbocycles. The molecule has 0 spiro atoms. The van der Waals surface area contributed by atoms with E-state index in [0.717, 1.165) is 32.7 Å². The summed E-state index contributed by atoms with van der Waals surface area (Å²) in [6.07, 6.45) is 0. The van der Waals surface area contributed by atoms with E-state index in [0.29, 0.717) is 6.61 Å². The molecular formula is C15H26N2O. The fraction of sp³-hybridized carbons (Fsp3) is 0.600. The molecule has 0 aromatic heterocycles. The Balaban J connectivity index is 2.22. The van der Waals surface area contributed by atoms with Crippen LogP contribution >= 0.6 is 0 Å². The second kappa shape index (κ2) is 9.09. The third-order valence-corrected chi connectivity index (χ3v) is 3.16. The zero-order valence-corrected chi connectivity index (χ0v) is 11.9. The van der Waals surface area contributed by atoms with Gasteiger partial charge in [0, 0.05) is 26.7 Å². The molecule has 0 atom stereocenters. The lowest BCUT2D eigenvalue weighted by Gasteiger charge is -2.18.